The van der Waals surface area contributed by atoms with Gasteiger partial charge >= 0.3 is 5.97 Å². The number of hydrogen-bond donors (Lipinski definition) is 2. The van der Waals surface area contributed by atoms with E-state index in [-0.39, 0.29) is 22.8 Å². The number of aromatic hydroxyl groups is 1. The van der Waals surface area contributed by atoms with Crippen LogP contribution in [0.2, 0.25) is 0 Å². The largest absolute Gasteiger partial charge is 0.507 e. The van der Waals surface area contributed by atoms with E-state index in [9.17, 15) is 14.7 Å². The number of carbonyl (C=O) groups is 2. The molecule has 1 fully saturated rings. The third-order valence-corrected chi connectivity index (χ3v) is 7.96. The average Bonchev–Trinajstić information content (AvgIpc) is 3.51. The van der Waals surface area contributed by atoms with Crippen LogP contribution in [0.1, 0.15) is 90.9 Å². The van der Waals surface area contributed by atoms with Crippen molar-refractivity contribution < 1.29 is 24.5 Å². The number of aromatic carboxylic acids is 1. The number of nitrogens with zero attached hydrogens (tertiary/aromatic N) is 2. The molecule has 2 aliphatic carbocycles. The monoisotopic (exact) mass is 472 g/mol. The predicted molar refractivity (Wildman–Crippen MR) is 132 cm³/mol. The van der Waals surface area contributed by atoms with Gasteiger partial charge in [0.25, 0.3) is 5.91 Å². The minimum Gasteiger partial charge on any atom is -0.507 e. The molecule has 180 valence electrons. The normalized spacial score (nSPS) is 24.9. The Bertz CT molecular complexity index is 1350. The molecule has 0 saturated heterocycles. The Morgan fingerprint density at radius 1 is 1.17 bits per heavy atom. The zero-order valence-corrected chi connectivity index (χ0v) is 20.1. The van der Waals surface area contributed by atoms with Gasteiger partial charge in [-0.15, -0.1) is 0 Å². The van der Waals surface area contributed by atoms with Gasteiger partial charge in [0, 0.05) is 22.3 Å². The Morgan fingerprint density at radius 3 is 2.54 bits per heavy atom. The zero-order valence-electron chi connectivity index (χ0n) is 20.1. The predicted octanol–water partition coefficient (Wildman–Crippen LogP) is 5.36. The number of carboxylic acid groups (broad SMARTS) is 1. The molecule has 0 aromatic heterocycles. The molecular weight excluding hydrogens is 444 g/mol. The Kier molecular flexibility index (Phi) is 4.66. The molecular formula is C28H28N2O5. The molecule has 4 aliphatic rings. The van der Waals surface area contributed by atoms with Crippen molar-refractivity contribution in [2.45, 2.75) is 70.3 Å². The van der Waals surface area contributed by atoms with Crippen LogP contribution in [-0.4, -0.2) is 33.4 Å². The molecule has 2 unspecified atom stereocenters. The number of anilines is 1. The summed E-state index contributed by atoms with van der Waals surface area (Å²) < 4.78 is 6.54. The second kappa shape index (κ2) is 7.44. The highest BCUT2D eigenvalue weighted by atomic mass is 16.5. The molecule has 2 bridgehead atoms. The molecule has 2 aromatic rings. The number of fused-ring (bicyclic) bond motifs is 7. The first-order valence-electron chi connectivity index (χ1n) is 12.2. The molecule has 0 spiro atoms. The van der Waals surface area contributed by atoms with Crippen LogP contribution in [0.25, 0.3) is 6.08 Å². The number of benzene rings is 2. The van der Waals surface area contributed by atoms with Crippen LogP contribution >= 0.6 is 0 Å². The molecule has 1 saturated carbocycles. The van der Waals surface area contributed by atoms with Gasteiger partial charge in [0.2, 0.25) is 0 Å². The van der Waals surface area contributed by atoms with Crippen LogP contribution in [0.3, 0.4) is 0 Å². The van der Waals surface area contributed by atoms with Crippen molar-refractivity contribution in [3.8, 4) is 11.5 Å². The molecule has 2 heterocycles. The van der Waals surface area contributed by atoms with Crippen molar-refractivity contribution >= 4 is 29.4 Å². The Labute approximate surface area is 203 Å². The molecule has 1 amide bonds. The summed E-state index contributed by atoms with van der Waals surface area (Å²) in [5.41, 5.74) is 5.16. The fraction of sp³-hybridized carbons (Fsp3) is 0.393. The van der Waals surface area contributed by atoms with Crippen molar-refractivity contribution in [2.75, 3.05) is 5.01 Å². The zero-order chi connectivity index (χ0) is 24.6. The number of hydrazone groups is 1. The molecule has 35 heavy (non-hydrogen) atoms. The highest BCUT2D eigenvalue weighted by Crippen LogP contribution is 2.61. The van der Waals surface area contributed by atoms with Crippen molar-refractivity contribution in [2.24, 2.45) is 5.10 Å². The maximum Gasteiger partial charge on any atom is 0.335 e. The first-order chi connectivity index (χ1) is 16.6. The summed E-state index contributed by atoms with van der Waals surface area (Å²) in [6.07, 6.45) is 6.63. The third-order valence-electron chi connectivity index (χ3n) is 7.96. The van der Waals surface area contributed by atoms with Gasteiger partial charge in [-0.1, -0.05) is 0 Å². The van der Waals surface area contributed by atoms with Gasteiger partial charge in [0.15, 0.2) is 0 Å². The van der Waals surface area contributed by atoms with Gasteiger partial charge in [-0.2, -0.15) is 10.1 Å². The summed E-state index contributed by atoms with van der Waals surface area (Å²) in [5.74, 6) is 0.634. The molecule has 2 N–H and O–H groups in total. The highest BCUT2D eigenvalue weighted by Gasteiger charge is 2.45. The van der Waals surface area contributed by atoms with Gasteiger partial charge < -0.3 is 14.9 Å². The summed E-state index contributed by atoms with van der Waals surface area (Å²) in [7, 11) is 0. The lowest BCUT2D eigenvalue weighted by Crippen LogP contribution is -2.34. The van der Waals surface area contributed by atoms with Crippen LogP contribution in [0, 0.1) is 0 Å². The number of rotatable bonds is 3. The Balaban J connectivity index is 1.44. The van der Waals surface area contributed by atoms with E-state index >= 15 is 0 Å². The molecule has 7 nitrogen and oxygen atoms in total. The van der Waals surface area contributed by atoms with E-state index in [1.165, 1.54) is 22.7 Å². The number of hydrogen-bond acceptors (Lipinski definition) is 5. The fourth-order valence-corrected chi connectivity index (χ4v) is 6.17. The minimum absolute atomic E-state index is 0.142. The van der Waals surface area contributed by atoms with E-state index in [0.29, 0.717) is 34.4 Å². The van der Waals surface area contributed by atoms with Gasteiger partial charge in [-0.3, -0.25) is 4.79 Å². The lowest BCUT2D eigenvalue weighted by atomic mass is 9.81. The number of phenols is 1. The highest BCUT2D eigenvalue weighted by molar-refractivity contribution is 6.32. The molecule has 2 atom stereocenters. The van der Waals surface area contributed by atoms with Crippen molar-refractivity contribution in [3.63, 3.8) is 0 Å². The smallest absolute Gasteiger partial charge is 0.335 e. The van der Waals surface area contributed by atoms with Crippen molar-refractivity contribution in [1.82, 2.24) is 0 Å². The SMILES string of the molecule is CC1=NN(c2ccc(C(=O)O)cc2)C(=O)/C1=C\c1c(O)c2c(c3c1CCC(C)(C)O3)C1CCC2C1. The number of carbonyl (C=O) groups excluding carboxylic acids is 1. The maximum atomic E-state index is 13.4. The second-order valence-corrected chi connectivity index (χ2v) is 10.7. The summed E-state index contributed by atoms with van der Waals surface area (Å²) >= 11 is 0. The van der Waals surface area contributed by atoms with Gasteiger partial charge in [0.05, 0.1) is 22.5 Å². The average molecular weight is 473 g/mol. The van der Waals surface area contributed by atoms with Crippen LogP contribution in [0.5, 0.6) is 11.5 Å². The van der Waals surface area contributed by atoms with Gasteiger partial charge in [-0.05, 0) is 95.1 Å². The number of carboxylic acids is 1. The van der Waals surface area contributed by atoms with Gasteiger partial charge in [0.1, 0.15) is 17.1 Å². The van der Waals surface area contributed by atoms with E-state index in [2.05, 4.69) is 18.9 Å². The number of ether oxygens (including phenoxy) is 1. The molecule has 2 aromatic carbocycles. The lowest BCUT2D eigenvalue weighted by molar-refractivity contribution is -0.114. The van der Waals surface area contributed by atoms with Crippen LogP contribution in [-0.2, 0) is 11.2 Å². The molecule has 7 heteroatoms. The van der Waals surface area contributed by atoms with Crippen LogP contribution in [0.15, 0.2) is 34.9 Å². The Hall–Kier alpha value is -3.61. The molecule has 6 rings (SSSR count). The minimum atomic E-state index is -1.03. The van der Waals surface area contributed by atoms with E-state index in [0.717, 1.165) is 49.0 Å². The summed E-state index contributed by atoms with van der Waals surface area (Å²) in [6, 6.07) is 6.05. The van der Waals surface area contributed by atoms with E-state index in [4.69, 9.17) is 9.84 Å². The molecule has 2 aliphatic heterocycles. The first kappa shape index (κ1) is 21.9. The van der Waals surface area contributed by atoms with E-state index in [1.54, 1.807) is 25.1 Å². The van der Waals surface area contributed by atoms with Crippen molar-refractivity contribution in [3.05, 3.63) is 57.7 Å². The fourth-order valence-electron chi connectivity index (χ4n) is 6.17. The number of amides is 1. The summed E-state index contributed by atoms with van der Waals surface area (Å²) in [6.45, 7) is 5.98. The number of phenolic OH excluding ortho intramolecular Hbond substituents is 1. The summed E-state index contributed by atoms with van der Waals surface area (Å²) in [4.78, 5) is 24.6. The van der Waals surface area contributed by atoms with Gasteiger partial charge in [-0.25, -0.2) is 4.79 Å². The first-order valence-corrected chi connectivity index (χ1v) is 12.2. The van der Waals surface area contributed by atoms with Crippen LogP contribution in [0.4, 0.5) is 5.69 Å². The van der Waals surface area contributed by atoms with E-state index in [1.807, 2.05) is 0 Å². The third kappa shape index (κ3) is 3.28. The van der Waals surface area contributed by atoms with Crippen molar-refractivity contribution in [1.29, 1.82) is 0 Å². The Morgan fingerprint density at radius 2 is 1.86 bits per heavy atom. The standard InChI is InChI=1S/C28H28N2O5/c1-14-20(26(32)30(29-14)18-8-6-15(7-9-18)27(33)34)13-21-19-10-11-28(2,3)35-25(19)23-17-5-4-16(12-17)22(23)24(21)31/h6-9,13,16-17,31H,4-5,10-12H2,1-3H3,(H,33,34)/b20-13-. The van der Waals surface area contributed by atoms with Crippen LogP contribution < -0.4 is 9.75 Å². The van der Waals surface area contributed by atoms with E-state index < -0.39 is 5.97 Å². The quantitative estimate of drug-likeness (QED) is 0.586. The maximum absolute atomic E-state index is 13.4. The second-order valence-electron chi connectivity index (χ2n) is 10.7. The lowest BCUT2D eigenvalue weighted by Gasteiger charge is -2.37. The summed E-state index contributed by atoms with van der Waals surface area (Å²) in [5, 5.41) is 26.4. The molecule has 0 radical (unpaired) electrons. The topological polar surface area (TPSA) is 99.4 Å².